The fraction of sp³-hybridized carbons (Fsp3) is 0.385. The van der Waals surface area contributed by atoms with Crippen LogP contribution in [0, 0.1) is 0 Å². The maximum atomic E-state index is 12.0. The lowest BCUT2D eigenvalue weighted by molar-refractivity contribution is 0.175. The lowest BCUT2D eigenvalue weighted by Gasteiger charge is -2.23. The van der Waals surface area contributed by atoms with Crippen LogP contribution in [-0.4, -0.2) is 42.0 Å². The number of nitrogens with one attached hydrogen (secondary N) is 1. The largest absolute Gasteiger partial charge is 0.329 e. The fourth-order valence-corrected chi connectivity index (χ4v) is 1.94. The van der Waals surface area contributed by atoms with Crippen LogP contribution in [0.1, 0.15) is 12.8 Å². The van der Waals surface area contributed by atoms with E-state index in [1.165, 1.54) is 7.05 Å². The smallest absolute Gasteiger partial charge is 0.324 e. The number of carbonyl (C=O) groups excluding carboxylic acids is 2. The standard InChI is InChI=1S/C13H17N3O2/c1-15(13(18)16-9-5-6-10-16)12(17)14-11-7-3-2-4-8-11/h2-4,7-8H,5-6,9-10H2,1H3,(H,14,17). The number of imide groups is 1. The Morgan fingerprint density at radius 1 is 1.17 bits per heavy atom. The van der Waals surface area contributed by atoms with Crippen molar-refractivity contribution >= 4 is 17.7 Å². The van der Waals surface area contributed by atoms with E-state index in [-0.39, 0.29) is 6.03 Å². The van der Waals surface area contributed by atoms with E-state index >= 15 is 0 Å². The van der Waals surface area contributed by atoms with Crippen LogP contribution in [0.15, 0.2) is 30.3 Å². The van der Waals surface area contributed by atoms with Crippen molar-refractivity contribution in [3.63, 3.8) is 0 Å². The Hall–Kier alpha value is -2.04. The van der Waals surface area contributed by atoms with Gasteiger partial charge in [-0.3, -0.25) is 0 Å². The van der Waals surface area contributed by atoms with E-state index in [1.807, 2.05) is 18.2 Å². The first-order valence-electron chi connectivity index (χ1n) is 6.07. The molecular weight excluding hydrogens is 230 g/mol. The second-order valence-electron chi connectivity index (χ2n) is 4.33. The summed E-state index contributed by atoms with van der Waals surface area (Å²) in [6.45, 7) is 1.48. The number of rotatable bonds is 1. The molecule has 1 aromatic carbocycles. The third-order valence-corrected chi connectivity index (χ3v) is 2.99. The summed E-state index contributed by atoms with van der Waals surface area (Å²) in [7, 11) is 1.50. The van der Waals surface area contributed by atoms with Gasteiger partial charge < -0.3 is 10.2 Å². The highest BCUT2D eigenvalue weighted by Gasteiger charge is 2.25. The maximum absolute atomic E-state index is 12.0. The normalized spacial score (nSPS) is 14.4. The number of hydrogen-bond acceptors (Lipinski definition) is 2. The maximum Gasteiger partial charge on any atom is 0.329 e. The molecule has 0 spiro atoms. The molecule has 0 unspecified atom stereocenters. The minimum absolute atomic E-state index is 0.235. The predicted molar refractivity (Wildman–Crippen MR) is 69.4 cm³/mol. The van der Waals surface area contributed by atoms with Crippen molar-refractivity contribution in [1.82, 2.24) is 9.80 Å². The van der Waals surface area contributed by atoms with Gasteiger partial charge >= 0.3 is 12.1 Å². The Bertz CT molecular complexity index is 427. The van der Waals surface area contributed by atoms with Crippen LogP contribution in [-0.2, 0) is 0 Å². The fourth-order valence-electron chi connectivity index (χ4n) is 1.94. The van der Waals surface area contributed by atoms with E-state index < -0.39 is 6.03 Å². The van der Waals surface area contributed by atoms with Crippen LogP contribution in [0.4, 0.5) is 15.3 Å². The van der Waals surface area contributed by atoms with Gasteiger partial charge in [0.05, 0.1) is 0 Å². The second-order valence-corrected chi connectivity index (χ2v) is 4.33. The average molecular weight is 247 g/mol. The zero-order chi connectivity index (χ0) is 13.0. The number of likely N-dealkylation sites (tertiary alicyclic amines) is 1. The summed E-state index contributed by atoms with van der Waals surface area (Å²) in [6.07, 6.45) is 2.03. The Morgan fingerprint density at radius 3 is 2.39 bits per heavy atom. The van der Waals surface area contributed by atoms with E-state index in [0.717, 1.165) is 30.8 Å². The van der Waals surface area contributed by atoms with E-state index in [4.69, 9.17) is 0 Å². The summed E-state index contributed by atoms with van der Waals surface area (Å²) in [5.41, 5.74) is 0.684. The van der Waals surface area contributed by atoms with Crippen molar-refractivity contribution in [3.8, 4) is 0 Å². The number of anilines is 1. The molecule has 1 aliphatic heterocycles. The Kier molecular flexibility index (Phi) is 3.82. The molecule has 1 aliphatic rings. The number of hydrogen-bond donors (Lipinski definition) is 1. The van der Waals surface area contributed by atoms with Crippen molar-refractivity contribution in [2.75, 3.05) is 25.5 Å². The first kappa shape index (κ1) is 12.4. The quantitative estimate of drug-likeness (QED) is 0.828. The molecular formula is C13H17N3O2. The Balaban J connectivity index is 1.94. The van der Waals surface area contributed by atoms with Gasteiger partial charge in [0.25, 0.3) is 0 Å². The number of amides is 4. The number of carbonyl (C=O) groups is 2. The van der Waals surface area contributed by atoms with Gasteiger partial charge in [-0.25, -0.2) is 14.5 Å². The van der Waals surface area contributed by atoms with Gasteiger partial charge in [0.15, 0.2) is 0 Å². The van der Waals surface area contributed by atoms with Crippen LogP contribution in [0.3, 0.4) is 0 Å². The molecule has 1 heterocycles. The Morgan fingerprint density at radius 2 is 1.78 bits per heavy atom. The zero-order valence-electron chi connectivity index (χ0n) is 10.4. The van der Waals surface area contributed by atoms with Crippen molar-refractivity contribution < 1.29 is 9.59 Å². The number of nitrogens with zero attached hydrogens (tertiary/aromatic N) is 2. The van der Waals surface area contributed by atoms with E-state index in [9.17, 15) is 9.59 Å². The lowest BCUT2D eigenvalue weighted by Crippen LogP contribution is -2.44. The van der Waals surface area contributed by atoms with Gasteiger partial charge in [-0.15, -0.1) is 0 Å². The summed E-state index contributed by atoms with van der Waals surface area (Å²) in [6, 6.07) is 8.46. The van der Waals surface area contributed by atoms with Crippen LogP contribution in [0.2, 0.25) is 0 Å². The number of urea groups is 2. The zero-order valence-corrected chi connectivity index (χ0v) is 10.4. The number of para-hydroxylation sites is 1. The van der Waals surface area contributed by atoms with Crippen LogP contribution in [0.25, 0.3) is 0 Å². The molecule has 18 heavy (non-hydrogen) atoms. The molecule has 1 fully saturated rings. The molecule has 0 saturated carbocycles. The highest BCUT2D eigenvalue weighted by atomic mass is 16.2. The van der Waals surface area contributed by atoms with Crippen molar-refractivity contribution in [2.24, 2.45) is 0 Å². The third kappa shape index (κ3) is 2.80. The summed E-state index contributed by atoms with van der Waals surface area (Å²) >= 11 is 0. The van der Waals surface area contributed by atoms with Gasteiger partial charge in [-0.05, 0) is 25.0 Å². The van der Waals surface area contributed by atoms with Gasteiger partial charge in [-0.1, -0.05) is 18.2 Å². The summed E-state index contributed by atoms with van der Waals surface area (Å²) in [4.78, 5) is 26.7. The number of benzene rings is 1. The molecule has 1 N–H and O–H groups in total. The van der Waals surface area contributed by atoms with E-state index in [2.05, 4.69) is 5.32 Å². The van der Waals surface area contributed by atoms with Crippen molar-refractivity contribution in [2.45, 2.75) is 12.8 Å². The van der Waals surface area contributed by atoms with Gasteiger partial charge in [-0.2, -0.15) is 0 Å². The average Bonchev–Trinajstić information content (AvgIpc) is 2.92. The van der Waals surface area contributed by atoms with Gasteiger partial charge in [0.2, 0.25) is 0 Å². The van der Waals surface area contributed by atoms with Crippen molar-refractivity contribution in [1.29, 1.82) is 0 Å². The molecule has 0 radical (unpaired) electrons. The monoisotopic (exact) mass is 247 g/mol. The van der Waals surface area contributed by atoms with Gasteiger partial charge in [0, 0.05) is 25.8 Å². The molecule has 4 amide bonds. The van der Waals surface area contributed by atoms with E-state index in [0.29, 0.717) is 5.69 Å². The summed E-state index contributed by atoms with van der Waals surface area (Å²) in [5.74, 6) is 0. The minimum Gasteiger partial charge on any atom is -0.324 e. The first-order valence-corrected chi connectivity index (χ1v) is 6.07. The van der Waals surface area contributed by atoms with Crippen molar-refractivity contribution in [3.05, 3.63) is 30.3 Å². The topological polar surface area (TPSA) is 52.7 Å². The van der Waals surface area contributed by atoms with Gasteiger partial charge in [0.1, 0.15) is 0 Å². The van der Waals surface area contributed by atoms with Crippen LogP contribution in [0.5, 0.6) is 0 Å². The molecule has 2 rings (SSSR count). The molecule has 1 saturated heterocycles. The van der Waals surface area contributed by atoms with E-state index in [1.54, 1.807) is 17.0 Å². The second kappa shape index (κ2) is 5.53. The van der Waals surface area contributed by atoms with Crippen LogP contribution >= 0.6 is 0 Å². The predicted octanol–water partition coefficient (Wildman–Crippen LogP) is 2.37. The molecule has 5 heteroatoms. The summed E-state index contributed by atoms with van der Waals surface area (Å²) in [5, 5.41) is 2.69. The Labute approximate surface area is 106 Å². The molecule has 0 atom stereocenters. The summed E-state index contributed by atoms with van der Waals surface area (Å²) < 4.78 is 0. The molecule has 0 bridgehead atoms. The lowest BCUT2D eigenvalue weighted by atomic mass is 10.3. The molecule has 0 aliphatic carbocycles. The highest BCUT2D eigenvalue weighted by Crippen LogP contribution is 2.11. The molecule has 0 aromatic heterocycles. The first-order chi connectivity index (χ1) is 8.68. The highest BCUT2D eigenvalue weighted by molar-refractivity contribution is 6.00. The molecule has 1 aromatic rings. The molecule has 96 valence electrons. The SMILES string of the molecule is CN(C(=O)Nc1ccccc1)C(=O)N1CCCC1. The van der Waals surface area contributed by atoms with Crippen LogP contribution < -0.4 is 5.32 Å². The third-order valence-electron chi connectivity index (χ3n) is 2.99. The minimum atomic E-state index is -0.405. The molecule has 5 nitrogen and oxygen atoms in total.